The average Bonchev–Trinajstić information content (AvgIpc) is 3.62. The Morgan fingerprint density at radius 1 is 0.500 bits per heavy atom. The first-order valence-electron chi connectivity index (χ1n) is 17.5. The summed E-state index contributed by atoms with van der Waals surface area (Å²) in [4.78, 5) is 0. The Morgan fingerprint density at radius 2 is 0.886 bits per heavy atom. The number of benzene rings is 4. The van der Waals surface area contributed by atoms with Gasteiger partial charge in [-0.05, 0) is 0 Å². The van der Waals surface area contributed by atoms with Crippen LogP contribution < -0.4 is 10.4 Å². The SMILES string of the molecule is CCC[CH2][Ti]1([CH2]CCC)[CH]2C(CC)=C(c3ccccc32)[Si](c2ccccc2)(c2ccccc2)C2=C(CC)[CH]1c1ccccc12. The molecule has 2 aliphatic carbocycles. The summed E-state index contributed by atoms with van der Waals surface area (Å²) in [5.41, 5.74) is 10.3. The third-order valence-corrected chi connectivity index (χ3v) is 26.2. The fraction of sp³-hybridized carbons (Fsp3) is 0.333. The Bertz CT molecular complexity index is 1580. The van der Waals surface area contributed by atoms with Gasteiger partial charge < -0.3 is 0 Å². The molecular formula is C42H48SiTi. The van der Waals surface area contributed by atoms with Crippen molar-refractivity contribution < 1.29 is 16.6 Å². The van der Waals surface area contributed by atoms with E-state index < -0.39 is 24.7 Å². The molecule has 0 nitrogen and oxygen atoms in total. The number of hydrogen-bond donors (Lipinski definition) is 0. The molecule has 0 N–H and O–H groups in total. The van der Waals surface area contributed by atoms with Crippen LogP contribution in [0.5, 0.6) is 0 Å². The summed E-state index contributed by atoms with van der Waals surface area (Å²) in [6, 6.07) is 43.3. The third-order valence-electron chi connectivity index (χ3n) is 11.5. The fourth-order valence-electron chi connectivity index (χ4n) is 10.0. The van der Waals surface area contributed by atoms with Crippen molar-refractivity contribution in [3.8, 4) is 0 Å². The Balaban J connectivity index is 1.74. The van der Waals surface area contributed by atoms with E-state index in [9.17, 15) is 0 Å². The summed E-state index contributed by atoms with van der Waals surface area (Å²) in [6.45, 7) is 9.86. The fourth-order valence-corrected chi connectivity index (χ4v) is 28.3. The third kappa shape index (κ3) is 4.19. The summed E-state index contributed by atoms with van der Waals surface area (Å²) in [6.07, 6.45) is 7.66. The van der Waals surface area contributed by atoms with Gasteiger partial charge in [0.05, 0.1) is 0 Å². The Kier molecular flexibility index (Phi) is 8.34. The van der Waals surface area contributed by atoms with Crippen LogP contribution in [0.15, 0.2) is 120 Å². The van der Waals surface area contributed by atoms with E-state index in [1.54, 1.807) is 43.0 Å². The maximum atomic E-state index is 2.58. The van der Waals surface area contributed by atoms with E-state index in [2.05, 4.69) is 137 Å². The van der Waals surface area contributed by atoms with Crippen molar-refractivity contribution in [2.24, 2.45) is 0 Å². The van der Waals surface area contributed by atoms with E-state index in [1.165, 1.54) is 35.1 Å². The minimum atomic E-state index is -2.78. The van der Waals surface area contributed by atoms with Crippen LogP contribution in [0.2, 0.25) is 9.45 Å². The Morgan fingerprint density at radius 3 is 1.27 bits per heavy atom. The van der Waals surface area contributed by atoms with Crippen LogP contribution in [0.1, 0.15) is 96.9 Å². The predicted octanol–water partition coefficient (Wildman–Crippen LogP) is 10.8. The molecule has 0 amide bonds. The van der Waals surface area contributed by atoms with E-state index in [4.69, 9.17) is 0 Å². The quantitative estimate of drug-likeness (QED) is 0.153. The Hall–Kier alpha value is -2.71. The zero-order chi connectivity index (χ0) is 30.3. The van der Waals surface area contributed by atoms with E-state index in [-0.39, 0.29) is 0 Å². The topological polar surface area (TPSA) is 0 Å². The van der Waals surface area contributed by atoms with Crippen molar-refractivity contribution in [3.63, 3.8) is 0 Å². The molecule has 0 aromatic heterocycles. The van der Waals surface area contributed by atoms with Crippen molar-refractivity contribution >= 4 is 28.8 Å². The molecule has 3 aliphatic rings. The molecule has 44 heavy (non-hydrogen) atoms. The van der Waals surface area contributed by atoms with Crippen molar-refractivity contribution in [2.45, 2.75) is 84.1 Å². The first-order chi connectivity index (χ1) is 21.7. The van der Waals surface area contributed by atoms with Crippen molar-refractivity contribution in [3.05, 3.63) is 143 Å². The first-order valence-corrected chi connectivity index (χ1v) is 23.5. The second kappa shape index (κ2) is 12.2. The second-order valence-electron chi connectivity index (χ2n) is 13.5. The second-order valence-corrected chi connectivity index (χ2v) is 24.3. The predicted molar refractivity (Wildman–Crippen MR) is 190 cm³/mol. The molecule has 4 aromatic rings. The molecule has 1 heterocycles. The zero-order valence-corrected chi connectivity index (χ0v) is 29.8. The standard InChI is InChI=1S/C34H30Si.2C4H9.Ti/c1-3-25-23-27-15-11-13-21-31(27)33(25)35(29-17-7-5-8-18-29,30-19-9-6-10-20-30)34-26(4-2)24-28-16-12-14-22-32(28)34;2*1-3-4-2;/h5-24H,3-4H2,1-2H3;2*1,3-4H2,2H3;. The molecule has 0 saturated carbocycles. The van der Waals surface area contributed by atoms with Crippen molar-refractivity contribution in [1.29, 1.82) is 0 Å². The van der Waals surface area contributed by atoms with Crippen LogP contribution in [0.3, 0.4) is 0 Å². The number of allylic oxidation sites excluding steroid dienone is 2. The molecular weight excluding hydrogens is 580 g/mol. The molecule has 0 fully saturated rings. The summed E-state index contributed by atoms with van der Waals surface area (Å²) < 4.78 is 4.24. The molecule has 7 rings (SSSR count). The van der Waals surface area contributed by atoms with E-state index in [0.29, 0.717) is 8.45 Å². The molecule has 4 aromatic carbocycles. The van der Waals surface area contributed by atoms with Crippen LogP contribution in [-0.2, 0) is 16.6 Å². The van der Waals surface area contributed by atoms with Gasteiger partial charge in [-0.2, -0.15) is 0 Å². The van der Waals surface area contributed by atoms with Crippen LogP contribution in [0.25, 0.3) is 10.4 Å². The van der Waals surface area contributed by atoms with Gasteiger partial charge in [0.2, 0.25) is 0 Å². The van der Waals surface area contributed by atoms with Crippen molar-refractivity contribution in [2.75, 3.05) is 0 Å². The molecule has 2 atom stereocenters. The zero-order valence-electron chi connectivity index (χ0n) is 27.2. The van der Waals surface area contributed by atoms with Crippen LogP contribution in [0.4, 0.5) is 0 Å². The monoisotopic (exact) mass is 628 g/mol. The molecule has 224 valence electrons. The number of hydrogen-bond acceptors (Lipinski definition) is 0. The summed E-state index contributed by atoms with van der Waals surface area (Å²) in [7, 11) is -2.70. The van der Waals surface area contributed by atoms with Gasteiger partial charge >= 0.3 is 272 Å². The van der Waals surface area contributed by atoms with Gasteiger partial charge in [0.15, 0.2) is 0 Å². The normalized spacial score (nSPS) is 20.7. The number of fused-ring (bicyclic) bond motifs is 8. The summed E-state index contributed by atoms with van der Waals surface area (Å²) in [5.74, 6) is 0. The van der Waals surface area contributed by atoms with Gasteiger partial charge in [-0.25, -0.2) is 0 Å². The molecule has 4 bridgehead atoms. The van der Waals surface area contributed by atoms with E-state index in [1.807, 2.05) is 11.1 Å². The van der Waals surface area contributed by atoms with Gasteiger partial charge in [-0.15, -0.1) is 0 Å². The summed E-state index contributed by atoms with van der Waals surface area (Å²) in [5, 5.41) is 6.64. The van der Waals surface area contributed by atoms with Gasteiger partial charge in [-0.3, -0.25) is 0 Å². The van der Waals surface area contributed by atoms with Gasteiger partial charge in [0, 0.05) is 0 Å². The van der Waals surface area contributed by atoms with Crippen molar-refractivity contribution in [1.82, 2.24) is 0 Å². The maximum absolute atomic E-state index is 2.78. The molecule has 2 heteroatoms. The van der Waals surface area contributed by atoms with Crippen LogP contribution in [-0.4, -0.2) is 8.07 Å². The minimum absolute atomic E-state index is 0.642. The molecule has 2 unspecified atom stereocenters. The molecule has 0 spiro atoms. The van der Waals surface area contributed by atoms with Gasteiger partial charge in [-0.1, -0.05) is 0 Å². The summed E-state index contributed by atoms with van der Waals surface area (Å²) >= 11 is -2.78. The van der Waals surface area contributed by atoms with Gasteiger partial charge in [0.1, 0.15) is 0 Å². The Labute approximate surface area is 270 Å². The first kappa shape index (κ1) is 30.0. The molecule has 1 aliphatic heterocycles. The van der Waals surface area contributed by atoms with Crippen LogP contribution in [0, 0.1) is 0 Å². The van der Waals surface area contributed by atoms with Crippen LogP contribution >= 0.6 is 0 Å². The number of unbranched alkanes of at least 4 members (excludes halogenated alkanes) is 2. The van der Waals surface area contributed by atoms with Gasteiger partial charge in [0.25, 0.3) is 0 Å². The molecule has 0 radical (unpaired) electrons. The van der Waals surface area contributed by atoms with E-state index in [0.717, 1.165) is 12.8 Å². The molecule has 0 saturated heterocycles. The van der Waals surface area contributed by atoms with E-state index >= 15 is 0 Å². The average molecular weight is 629 g/mol. The number of rotatable bonds is 10.